The van der Waals surface area contributed by atoms with Crippen molar-refractivity contribution < 1.29 is 19.8 Å². The van der Waals surface area contributed by atoms with Crippen molar-refractivity contribution >= 4 is 11.0 Å². The van der Waals surface area contributed by atoms with Crippen molar-refractivity contribution in [2.75, 3.05) is 6.61 Å². The van der Waals surface area contributed by atoms with E-state index < -0.39 is 0 Å². The molecule has 0 saturated heterocycles. The molecule has 1 aromatic carbocycles. The van der Waals surface area contributed by atoms with Gasteiger partial charge >= 0.3 is 128 Å². The Morgan fingerprint density at radius 3 is 2.95 bits per heavy atom. The molecule has 0 aliphatic carbocycles. The van der Waals surface area contributed by atoms with E-state index in [1.807, 2.05) is 18.2 Å². The van der Waals surface area contributed by atoms with Gasteiger partial charge in [0.15, 0.2) is 0 Å². The van der Waals surface area contributed by atoms with Crippen LogP contribution in [0.4, 0.5) is 0 Å². The van der Waals surface area contributed by atoms with E-state index in [9.17, 15) is 0 Å². The Morgan fingerprint density at radius 2 is 2.25 bits per heavy atom. The molecule has 1 unspecified atom stereocenters. The quantitative estimate of drug-likeness (QED) is 0.670. The third-order valence-electron chi connectivity index (χ3n) is 3.52. The summed E-state index contributed by atoms with van der Waals surface area (Å²) in [6.07, 6.45) is 3.24. The van der Waals surface area contributed by atoms with Crippen molar-refractivity contribution in [2.45, 2.75) is 19.9 Å². The van der Waals surface area contributed by atoms with Crippen LogP contribution in [0.15, 0.2) is 41.9 Å². The van der Waals surface area contributed by atoms with Gasteiger partial charge in [0.2, 0.25) is 0 Å². The Bertz CT molecular complexity index is 525. The average Bonchev–Trinajstić information content (AvgIpc) is 2.45. The Balaban J connectivity index is 2.26. The predicted octanol–water partition coefficient (Wildman–Crippen LogP) is 2.87. The van der Waals surface area contributed by atoms with E-state index in [0.29, 0.717) is 23.2 Å². The van der Waals surface area contributed by atoms with Crippen LogP contribution < -0.4 is 10.1 Å². The summed E-state index contributed by atoms with van der Waals surface area (Å²) in [7, 11) is 0. The van der Waals surface area contributed by atoms with Crippen LogP contribution in [0.25, 0.3) is 0 Å². The van der Waals surface area contributed by atoms with Crippen LogP contribution in [-0.2, 0) is 15.0 Å². The molecule has 20 heavy (non-hydrogen) atoms. The van der Waals surface area contributed by atoms with E-state index in [0.717, 1.165) is 11.3 Å². The molecule has 0 aromatic heterocycles. The number of hydrogen-bond donors (Lipinski definition) is 1. The molecule has 0 radical (unpaired) electrons. The summed E-state index contributed by atoms with van der Waals surface area (Å²) in [5, 5.41) is 3.37. The predicted molar refractivity (Wildman–Crippen MR) is 79.8 cm³/mol. The zero-order valence-electron chi connectivity index (χ0n) is 11.8. The third kappa shape index (κ3) is 3.44. The standard InChI is InChI=1S/C16H20N2O.Ni/c1-4-9-17-11-18-16-13-7-5-6-8-15(13)19-10-14(16)12(2)3;/h4-9,12,14,16,18H,1,10H2,2-3H3;/b17-9-;/t14?,16-;/m0./s1. The first-order chi connectivity index (χ1) is 9.63. The second-order valence-electron chi connectivity index (χ2n) is 5.15. The zero-order valence-corrected chi connectivity index (χ0v) is 12.8. The second kappa shape index (κ2) is 6.96. The van der Waals surface area contributed by atoms with Crippen LogP contribution in [0.1, 0.15) is 25.5 Å². The molecule has 1 aliphatic rings. The Morgan fingerprint density at radius 1 is 1.50 bits per heavy atom. The number of nitrogens with one attached hydrogen (secondary N) is 1. The molecular weight excluding hydrogens is 295 g/mol. The molecule has 2 atom stereocenters. The first-order valence-electron chi connectivity index (χ1n) is 6.76. The van der Waals surface area contributed by atoms with Crippen molar-refractivity contribution in [3.63, 3.8) is 0 Å². The molecule has 0 fully saturated rings. The molecular formula is C16H20N2NiO. The van der Waals surface area contributed by atoms with E-state index in [-0.39, 0.29) is 6.04 Å². The van der Waals surface area contributed by atoms with Gasteiger partial charge in [-0.3, -0.25) is 0 Å². The van der Waals surface area contributed by atoms with Gasteiger partial charge < -0.3 is 0 Å². The molecule has 1 aromatic rings. The molecule has 0 amide bonds. The molecule has 4 heteroatoms. The van der Waals surface area contributed by atoms with Crippen LogP contribution >= 0.6 is 0 Å². The number of benzene rings is 1. The Hall–Kier alpha value is -1.25. The molecule has 1 N–H and O–H groups in total. The van der Waals surface area contributed by atoms with Gasteiger partial charge in [-0.2, -0.15) is 0 Å². The summed E-state index contributed by atoms with van der Waals surface area (Å²) in [6, 6.07) is 8.25. The van der Waals surface area contributed by atoms with E-state index in [1.54, 1.807) is 12.3 Å². The van der Waals surface area contributed by atoms with Crippen molar-refractivity contribution in [1.29, 1.82) is 0 Å². The number of ether oxygens (including phenoxy) is 1. The topological polar surface area (TPSA) is 33.6 Å². The molecule has 3 nitrogen and oxygen atoms in total. The first kappa shape index (κ1) is 15.1. The van der Waals surface area contributed by atoms with Crippen LogP contribution in [0.5, 0.6) is 5.75 Å². The molecule has 0 bridgehead atoms. The summed E-state index contributed by atoms with van der Waals surface area (Å²) in [6.45, 7) is 8.71. The maximum absolute atomic E-state index is 5.86. The van der Waals surface area contributed by atoms with Gasteiger partial charge in [-0.05, 0) is 0 Å². The first-order valence-corrected chi connectivity index (χ1v) is 7.25. The van der Waals surface area contributed by atoms with Gasteiger partial charge in [0.1, 0.15) is 0 Å². The number of nitrogens with zero attached hydrogens (tertiary/aromatic N) is 1. The van der Waals surface area contributed by atoms with Crippen LogP contribution in [-0.4, -0.2) is 17.6 Å². The van der Waals surface area contributed by atoms with Crippen LogP contribution in [0.2, 0.25) is 0 Å². The maximum atomic E-state index is 5.86. The van der Waals surface area contributed by atoms with E-state index in [4.69, 9.17) is 19.8 Å². The molecule has 110 valence electrons. The van der Waals surface area contributed by atoms with Crippen molar-refractivity contribution in [2.24, 2.45) is 16.8 Å². The minimum atomic E-state index is 0.144. The Labute approximate surface area is 128 Å². The summed E-state index contributed by atoms with van der Waals surface area (Å²) >= 11 is 4.94. The van der Waals surface area contributed by atoms with Gasteiger partial charge in [-0.15, -0.1) is 0 Å². The van der Waals surface area contributed by atoms with E-state index >= 15 is 0 Å². The molecule has 0 spiro atoms. The molecule has 0 saturated carbocycles. The number of hydrogen-bond acceptors (Lipinski definition) is 3. The Kier molecular flexibility index (Phi) is 5.27. The van der Waals surface area contributed by atoms with Gasteiger partial charge in [0, 0.05) is 0 Å². The van der Waals surface area contributed by atoms with Gasteiger partial charge in [-0.25, -0.2) is 0 Å². The van der Waals surface area contributed by atoms with Crippen molar-refractivity contribution in [1.82, 2.24) is 5.32 Å². The summed E-state index contributed by atoms with van der Waals surface area (Å²) < 4.78 is 6.38. The second-order valence-corrected chi connectivity index (χ2v) is 5.62. The number of aliphatic imine (C=N–C) groups is 1. The summed E-state index contributed by atoms with van der Waals surface area (Å²) in [5.41, 5.74) is 1.15. The fraction of sp³-hybridized carbons (Fsp3) is 0.375. The number of para-hydroxylation sites is 1. The summed E-state index contributed by atoms with van der Waals surface area (Å²) in [4.78, 5) is 4.16. The van der Waals surface area contributed by atoms with Gasteiger partial charge in [-0.1, -0.05) is 0 Å². The molecule has 1 heterocycles. The third-order valence-corrected chi connectivity index (χ3v) is 3.79. The molecule has 1 aliphatic heterocycles. The number of fused-ring (bicyclic) bond motifs is 1. The van der Waals surface area contributed by atoms with E-state index in [2.05, 4.69) is 36.8 Å². The van der Waals surface area contributed by atoms with E-state index in [1.165, 1.54) is 0 Å². The van der Waals surface area contributed by atoms with Gasteiger partial charge in [0.05, 0.1) is 0 Å². The fourth-order valence-electron chi connectivity index (χ4n) is 2.41. The SMILES string of the molecule is C=C/C=N\[C](=[Ni])N[C@H]1c2ccccc2OCC1C(C)C. The van der Waals surface area contributed by atoms with Gasteiger partial charge in [0.25, 0.3) is 0 Å². The minimum absolute atomic E-state index is 0.144. The monoisotopic (exact) mass is 314 g/mol. The fourth-order valence-corrected chi connectivity index (χ4v) is 2.64. The number of rotatable bonds is 5. The average molecular weight is 315 g/mol. The zero-order chi connectivity index (χ0) is 14.5. The summed E-state index contributed by atoms with van der Waals surface area (Å²) in [5.74, 6) is 1.80. The number of allylic oxidation sites excluding steroid dienone is 1. The van der Waals surface area contributed by atoms with Crippen molar-refractivity contribution in [3.05, 3.63) is 42.5 Å². The molecule has 2 rings (SSSR count). The van der Waals surface area contributed by atoms with Crippen LogP contribution in [0.3, 0.4) is 0 Å². The van der Waals surface area contributed by atoms with Crippen LogP contribution in [0, 0.1) is 11.8 Å². The van der Waals surface area contributed by atoms with Crippen molar-refractivity contribution in [3.8, 4) is 5.75 Å². The normalized spacial score (nSPS) is 21.6.